The van der Waals surface area contributed by atoms with E-state index in [4.69, 9.17) is 0 Å². The van der Waals surface area contributed by atoms with Crippen LogP contribution in [0, 0.1) is 13.8 Å². The van der Waals surface area contributed by atoms with Crippen molar-refractivity contribution in [2.24, 2.45) is 0 Å². The lowest BCUT2D eigenvalue weighted by molar-refractivity contribution is -0.131. The van der Waals surface area contributed by atoms with E-state index in [0.717, 1.165) is 11.3 Å². The Kier molecular flexibility index (Phi) is 4.57. The molecule has 0 saturated carbocycles. The number of Topliss-reactive ketones (excluding diaryl/α,β-unsaturated/α-hetero) is 1. The molecule has 0 aromatic carbocycles. The molecule has 0 fully saturated rings. The molecule has 0 aliphatic heterocycles. The average Bonchev–Trinajstić information content (AvgIpc) is 2.98. The Morgan fingerprint density at radius 2 is 2.10 bits per heavy atom. The fourth-order valence-electron chi connectivity index (χ4n) is 2.35. The molecular weight excluding hydrogens is 286 g/mol. The van der Waals surface area contributed by atoms with Crippen LogP contribution in [0.5, 0.6) is 0 Å². The lowest BCUT2D eigenvalue weighted by Gasteiger charge is -2.17. The second-order valence-electron chi connectivity index (χ2n) is 5.14. The third-order valence-electron chi connectivity index (χ3n) is 3.44. The van der Waals surface area contributed by atoms with Gasteiger partial charge in [0.25, 0.3) is 0 Å². The quantitative estimate of drug-likeness (QED) is 0.797. The first-order valence-electron chi connectivity index (χ1n) is 6.70. The number of hydrogen-bond donors (Lipinski definition) is 0. The number of amides is 1. The Bertz CT molecular complexity index is 659. The molecule has 1 amide bonds. The van der Waals surface area contributed by atoms with Crippen molar-refractivity contribution in [3.8, 4) is 0 Å². The van der Waals surface area contributed by atoms with Crippen molar-refractivity contribution in [2.75, 3.05) is 7.05 Å². The molecular formula is C15H19N3O2S. The summed E-state index contributed by atoms with van der Waals surface area (Å²) in [4.78, 5) is 25.5. The third kappa shape index (κ3) is 3.39. The summed E-state index contributed by atoms with van der Waals surface area (Å²) >= 11 is 1.62. The fraction of sp³-hybridized carbons (Fsp3) is 0.400. The summed E-state index contributed by atoms with van der Waals surface area (Å²) < 4.78 is 1.61. The molecule has 21 heavy (non-hydrogen) atoms. The summed E-state index contributed by atoms with van der Waals surface area (Å²) in [5.74, 6) is -0.0442. The predicted molar refractivity (Wildman–Crippen MR) is 82.5 cm³/mol. The molecule has 0 spiro atoms. The first-order chi connectivity index (χ1) is 9.90. The zero-order chi connectivity index (χ0) is 15.6. The molecule has 0 N–H and O–H groups in total. The highest BCUT2D eigenvalue weighted by Crippen LogP contribution is 2.14. The monoisotopic (exact) mass is 305 g/mol. The summed E-state index contributed by atoms with van der Waals surface area (Å²) in [6, 6.07) is 2.01. The topological polar surface area (TPSA) is 55.2 Å². The van der Waals surface area contributed by atoms with Crippen molar-refractivity contribution in [1.82, 2.24) is 14.7 Å². The molecule has 0 aliphatic rings. The molecule has 0 radical (unpaired) electrons. The molecule has 2 aromatic heterocycles. The first-order valence-corrected chi connectivity index (χ1v) is 7.64. The molecule has 5 nitrogen and oxygen atoms in total. The smallest absolute Gasteiger partial charge is 0.244 e. The van der Waals surface area contributed by atoms with Gasteiger partial charge in [-0.15, -0.1) is 0 Å². The van der Waals surface area contributed by atoms with Crippen LogP contribution in [0.25, 0.3) is 0 Å². The number of hydrogen-bond acceptors (Lipinski definition) is 4. The van der Waals surface area contributed by atoms with Crippen LogP contribution in [-0.4, -0.2) is 33.4 Å². The van der Waals surface area contributed by atoms with Crippen LogP contribution in [0.3, 0.4) is 0 Å². The molecule has 2 aromatic rings. The minimum absolute atomic E-state index is 0.0182. The van der Waals surface area contributed by atoms with E-state index >= 15 is 0 Å². The highest BCUT2D eigenvalue weighted by molar-refractivity contribution is 7.07. The van der Waals surface area contributed by atoms with Gasteiger partial charge in [-0.1, -0.05) is 0 Å². The summed E-state index contributed by atoms with van der Waals surface area (Å²) in [5, 5.41) is 8.32. The highest BCUT2D eigenvalue weighted by Gasteiger charge is 2.18. The molecule has 2 heterocycles. The van der Waals surface area contributed by atoms with Crippen molar-refractivity contribution in [3.63, 3.8) is 0 Å². The van der Waals surface area contributed by atoms with Gasteiger partial charge in [0.05, 0.1) is 11.3 Å². The standard InChI is InChI=1S/C15H19N3O2S/c1-10-15(12(3)19)11(2)18(16-10)8-14(20)17(4)7-13-5-6-21-9-13/h5-6,9H,7-8H2,1-4H3. The summed E-state index contributed by atoms with van der Waals surface area (Å²) in [5.41, 5.74) is 3.16. The summed E-state index contributed by atoms with van der Waals surface area (Å²) in [7, 11) is 1.78. The van der Waals surface area contributed by atoms with Crippen molar-refractivity contribution >= 4 is 23.0 Å². The summed E-state index contributed by atoms with van der Waals surface area (Å²) in [6.07, 6.45) is 0. The first kappa shape index (κ1) is 15.4. The molecule has 112 valence electrons. The van der Waals surface area contributed by atoms with Crippen molar-refractivity contribution in [2.45, 2.75) is 33.9 Å². The fourth-order valence-corrected chi connectivity index (χ4v) is 3.01. The number of thiophene rings is 1. The number of carbonyl (C=O) groups is 2. The van der Waals surface area contributed by atoms with Gasteiger partial charge in [-0.05, 0) is 43.2 Å². The number of rotatable bonds is 5. The van der Waals surface area contributed by atoms with Crippen molar-refractivity contribution in [1.29, 1.82) is 0 Å². The maximum atomic E-state index is 12.3. The van der Waals surface area contributed by atoms with Crippen LogP contribution in [0.1, 0.15) is 34.2 Å². The number of likely N-dealkylation sites (N-methyl/N-ethyl adjacent to an activating group) is 1. The summed E-state index contributed by atoms with van der Waals surface area (Å²) in [6.45, 7) is 5.87. The van der Waals surface area contributed by atoms with E-state index in [1.807, 2.05) is 23.8 Å². The van der Waals surface area contributed by atoms with Crippen molar-refractivity contribution in [3.05, 3.63) is 39.3 Å². The Morgan fingerprint density at radius 3 is 2.62 bits per heavy atom. The van der Waals surface area contributed by atoms with E-state index in [1.54, 1.807) is 34.9 Å². The van der Waals surface area contributed by atoms with Gasteiger partial charge in [0.1, 0.15) is 6.54 Å². The second kappa shape index (κ2) is 6.22. The zero-order valence-corrected chi connectivity index (χ0v) is 13.5. The van der Waals surface area contributed by atoms with E-state index in [2.05, 4.69) is 5.10 Å². The molecule has 0 unspecified atom stereocenters. The van der Waals surface area contributed by atoms with E-state index in [0.29, 0.717) is 17.8 Å². The number of aromatic nitrogens is 2. The van der Waals surface area contributed by atoms with Gasteiger partial charge in [0.15, 0.2) is 5.78 Å². The Labute approximate surface area is 128 Å². The maximum Gasteiger partial charge on any atom is 0.244 e. The Morgan fingerprint density at radius 1 is 1.38 bits per heavy atom. The number of carbonyl (C=O) groups excluding carboxylic acids is 2. The van der Waals surface area contributed by atoms with Gasteiger partial charge >= 0.3 is 0 Å². The van der Waals surface area contributed by atoms with Gasteiger partial charge < -0.3 is 4.90 Å². The Hall–Kier alpha value is -1.95. The molecule has 0 bridgehead atoms. The highest BCUT2D eigenvalue weighted by atomic mass is 32.1. The molecule has 6 heteroatoms. The normalized spacial score (nSPS) is 10.7. The van der Waals surface area contributed by atoms with Crippen LogP contribution in [0.2, 0.25) is 0 Å². The van der Waals surface area contributed by atoms with Crippen LogP contribution < -0.4 is 0 Å². The van der Waals surface area contributed by atoms with Gasteiger partial charge in [0.2, 0.25) is 5.91 Å². The lowest BCUT2D eigenvalue weighted by atomic mass is 10.1. The molecule has 0 atom stereocenters. The lowest BCUT2D eigenvalue weighted by Crippen LogP contribution is -2.30. The number of nitrogens with zero attached hydrogens (tertiary/aromatic N) is 3. The number of ketones is 1. The average molecular weight is 305 g/mol. The van der Waals surface area contributed by atoms with Crippen LogP contribution >= 0.6 is 11.3 Å². The van der Waals surface area contributed by atoms with Crippen LogP contribution in [0.15, 0.2) is 16.8 Å². The minimum atomic E-state index is -0.0260. The number of aryl methyl sites for hydroxylation is 1. The van der Waals surface area contributed by atoms with E-state index in [9.17, 15) is 9.59 Å². The maximum absolute atomic E-state index is 12.3. The second-order valence-corrected chi connectivity index (χ2v) is 5.92. The van der Waals surface area contributed by atoms with Gasteiger partial charge in [-0.2, -0.15) is 16.4 Å². The van der Waals surface area contributed by atoms with Crippen molar-refractivity contribution < 1.29 is 9.59 Å². The zero-order valence-electron chi connectivity index (χ0n) is 12.7. The predicted octanol–water partition coefficient (Wildman–Crippen LogP) is 2.42. The molecule has 0 aliphatic carbocycles. The SMILES string of the molecule is CC(=O)c1c(C)nn(CC(=O)N(C)Cc2ccsc2)c1C. The third-order valence-corrected chi connectivity index (χ3v) is 4.18. The Balaban J connectivity index is 2.09. The van der Waals surface area contributed by atoms with E-state index < -0.39 is 0 Å². The van der Waals surface area contributed by atoms with Crippen LogP contribution in [0.4, 0.5) is 0 Å². The van der Waals surface area contributed by atoms with Gasteiger partial charge in [-0.25, -0.2) is 0 Å². The minimum Gasteiger partial charge on any atom is -0.340 e. The van der Waals surface area contributed by atoms with E-state index in [-0.39, 0.29) is 18.2 Å². The van der Waals surface area contributed by atoms with E-state index in [1.165, 1.54) is 6.92 Å². The van der Waals surface area contributed by atoms with Gasteiger partial charge in [0, 0.05) is 19.3 Å². The largest absolute Gasteiger partial charge is 0.340 e. The van der Waals surface area contributed by atoms with Gasteiger partial charge in [-0.3, -0.25) is 14.3 Å². The molecule has 0 saturated heterocycles. The van der Waals surface area contributed by atoms with Crippen LogP contribution in [-0.2, 0) is 17.9 Å². The molecule has 2 rings (SSSR count).